The molecule has 0 radical (unpaired) electrons. The van der Waals surface area contributed by atoms with Crippen LogP contribution in [0.1, 0.15) is 11.1 Å². The van der Waals surface area contributed by atoms with Crippen LogP contribution in [0.5, 0.6) is 0 Å². The van der Waals surface area contributed by atoms with Crippen LogP contribution in [-0.2, 0) is 13.1 Å². The summed E-state index contributed by atoms with van der Waals surface area (Å²) in [5.74, 6) is 0.497. The molecule has 2 heterocycles. The smallest absolute Gasteiger partial charge is 0.176 e. The third-order valence-corrected chi connectivity index (χ3v) is 4.98. The van der Waals surface area contributed by atoms with Crippen molar-refractivity contribution in [3.05, 3.63) is 94.4 Å². The van der Waals surface area contributed by atoms with E-state index >= 15 is 0 Å². The van der Waals surface area contributed by atoms with Crippen molar-refractivity contribution >= 4 is 52.0 Å². The van der Waals surface area contributed by atoms with E-state index in [9.17, 15) is 0 Å². The van der Waals surface area contributed by atoms with Crippen molar-refractivity contribution in [3.8, 4) is 0 Å². The van der Waals surface area contributed by atoms with E-state index in [1.54, 1.807) is 21.8 Å². The highest BCUT2D eigenvalue weighted by Crippen LogP contribution is 2.20. The Bertz CT molecular complexity index is 1160. The van der Waals surface area contributed by atoms with Crippen molar-refractivity contribution in [2.24, 2.45) is 0 Å². The number of hydrogen-bond acceptors (Lipinski definition) is 3. The number of hydrogen-bond donors (Lipinski definition) is 2. The molecule has 0 aliphatic carbocycles. The van der Waals surface area contributed by atoms with Gasteiger partial charge in [-0.15, -0.1) is 0 Å². The first-order valence-electron chi connectivity index (χ1n) is 9.17. The van der Waals surface area contributed by atoms with Gasteiger partial charge in [0, 0.05) is 17.4 Å². The van der Waals surface area contributed by atoms with Gasteiger partial charge in [-0.05, 0) is 35.5 Å². The van der Waals surface area contributed by atoms with Crippen molar-refractivity contribution in [1.82, 2.24) is 19.6 Å². The molecule has 2 N–H and O–H groups in total. The summed E-state index contributed by atoms with van der Waals surface area (Å²) in [5, 5.41) is 16.5. The molecule has 0 fully saturated rings. The van der Waals surface area contributed by atoms with Gasteiger partial charge >= 0.3 is 0 Å². The summed E-state index contributed by atoms with van der Waals surface area (Å²) in [6, 6.07) is 17.7. The Kier molecular flexibility index (Phi) is 6.32. The molecule has 0 spiro atoms. The Balaban J connectivity index is 1.35. The molecule has 0 unspecified atom stereocenters. The average Bonchev–Trinajstić information content (AvgIpc) is 3.28. The fourth-order valence-corrected chi connectivity index (χ4v) is 3.57. The third-order valence-electron chi connectivity index (χ3n) is 4.26. The van der Waals surface area contributed by atoms with Crippen molar-refractivity contribution in [2.75, 3.05) is 10.6 Å². The lowest BCUT2D eigenvalue weighted by atomic mass is 10.2. The van der Waals surface area contributed by atoms with Gasteiger partial charge in [0.15, 0.2) is 10.9 Å². The minimum atomic E-state index is 0.379. The maximum Gasteiger partial charge on any atom is 0.176 e. The molecule has 0 aliphatic rings. The van der Waals surface area contributed by atoms with Gasteiger partial charge in [0.2, 0.25) is 0 Å². The molecule has 0 saturated carbocycles. The summed E-state index contributed by atoms with van der Waals surface area (Å²) in [5.41, 5.74) is 2.96. The zero-order chi connectivity index (χ0) is 20.9. The van der Waals surface area contributed by atoms with E-state index < -0.39 is 0 Å². The van der Waals surface area contributed by atoms with Crippen LogP contribution in [0.4, 0.5) is 11.5 Å². The van der Waals surface area contributed by atoms with Crippen LogP contribution in [0, 0.1) is 0 Å². The molecule has 4 rings (SSSR count). The molecular formula is C21H18Cl2N6S. The monoisotopic (exact) mass is 456 g/mol. The highest BCUT2D eigenvalue weighted by molar-refractivity contribution is 7.80. The number of aromatic nitrogens is 4. The number of nitrogens with zero attached hydrogens (tertiary/aromatic N) is 4. The van der Waals surface area contributed by atoms with E-state index in [0.29, 0.717) is 34.1 Å². The third kappa shape index (κ3) is 5.38. The Morgan fingerprint density at radius 3 is 2.47 bits per heavy atom. The molecule has 4 aromatic rings. The van der Waals surface area contributed by atoms with Crippen molar-refractivity contribution in [1.29, 1.82) is 0 Å². The van der Waals surface area contributed by atoms with E-state index in [0.717, 1.165) is 16.8 Å². The largest absolute Gasteiger partial charge is 0.330 e. The molecule has 30 heavy (non-hydrogen) atoms. The average molecular weight is 457 g/mol. The van der Waals surface area contributed by atoms with Gasteiger partial charge in [0.05, 0.1) is 25.0 Å². The normalized spacial score (nSPS) is 10.7. The van der Waals surface area contributed by atoms with Crippen LogP contribution in [0.2, 0.25) is 10.0 Å². The van der Waals surface area contributed by atoms with Crippen molar-refractivity contribution in [3.63, 3.8) is 0 Å². The number of benzene rings is 2. The van der Waals surface area contributed by atoms with Crippen LogP contribution < -0.4 is 10.6 Å². The van der Waals surface area contributed by atoms with Crippen LogP contribution in [-0.4, -0.2) is 24.7 Å². The Labute approximate surface area is 189 Å². The Morgan fingerprint density at radius 2 is 1.67 bits per heavy atom. The summed E-state index contributed by atoms with van der Waals surface area (Å²) in [7, 11) is 0. The Hall–Kier alpha value is -2.87. The highest BCUT2D eigenvalue weighted by Gasteiger charge is 2.10. The molecule has 0 atom stereocenters. The lowest BCUT2D eigenvalue weighted by molar-refractivity contribution is 0.687. The van der Waals surface area contributed by atoms with Gasteiger partial charge in [-0.3, -0.25) is 9.36 Å². The van der Waals surface area contributed by atoms with E-state index in [-0.39, 0.29) is 0 Å². The molecule has 2 aromatic heterocycles. The minimum Gasteiger partial charge on any atom is -0.330 e. The van der Waals surface area contributed by atoms with Gasteiger partial charge in [-0.2, -0.15) is 10.2 Å². The first-order chi connectivity index (χ1) is 14.5. The molecule has 0 bridgehead atoms. The number of thiocarbonyl (C=S) groups is 1. The number of halogens is 2. The molecule has 0 aliphatic heterocycles. The van der Waals surface area contributed by atoms with Crippen LogP contribution in [0.15, 0.2) is 73.2 Å². The van der Waals surface area contributed by atoms with Gasteiger partial charge in [0.1, 0.15) is 5.02 Å². The van der Waals surface area contributed by atoms with Gasteiger partial charge in [-0.1, -0.05) is 65.7 Å². The lowest BCUT2D eigenvalue weighted by Crippen LogP contribution is -2.19. The molecule has 2 aromatic carbocycles. The molecule has 0 amide bonds. The minimum absolute atomic E-state index is 0.379. The second kappa shape index (κ2) is 9.30. The van der Waals surface area contributed by atoms with E-state index in [1.807, 2.05) is 60.8 Å². The van der Waals surface area contributed by atoms with E-state index in [1.165, 1.54) is 0 Å². The molecule has 0 saturated heterocycles. The van der Waals surface area contributed by atoms with Crippen molar-refractivity contribution < 1.29 is 0 Å². The first-order valence-corrected chi connectivity index (χ1v) is 10.3. The van der Waals surface area contributed by atoms with Crippen LogP contribution in [0.25, 0.3) is 0 Å². The Morgan fingerprint density at radius 1 is 0.900 bits per heavy atom. The van der Waals surface area contributed by atoms with E-state index in [2.05, 4.69) is 20.8 Å². The maximum absolute atomic E-state index is 6.30. The summed E-state index contributed by atoms with van der Waals surface area (Å²) < 4.78 is 3.57. The van der Waals surface area contributed by atoms with Crippen LogP contribution >= 0.6 is 35.4 Å². The van der Waals surface area contributed by atoms with E-state index in [4.69, 9.17) is 35.4 Å². The predicted octanol–water partition coefficient (Wildman–Crippen LogP) is 5.29. The summed E-state index contributed by atoms with van der Waals surface area (Å²) >= 11 is 17.7. The number of rotatable bonds is 6. The summed E-state index contributed by atoms with van der Waals surface area (Å²) in [4.78, 5) is 0. The van der Waals surface area contributed by atoms with Gasteiger partial charge < -0.3 is 10.6 Å². The second-order valence-electron chi connectivity index (χ2n) is 6.64. The number of nitrogens with one attached hydrogen (secondary N) is 2. The molecule has 9 heteroatoms. The lowest BCUT2D eigenvalue weighted by Gasteiger charge is -2.07. The molecule has 6 nitrogen and oxygen atoms in total. The van der Waals surface area contributed by atoms with Gasteiger partial charge in [0.25, 0.3) is 0 Å². The fourth-order valence-electron chi connectivity index (χ4n) is 2.94. The first kappa shape index (κ1) is 20.4. The quantitative estimate of drug-likeness (QED) is 0.385. The topological polar surface area (TPSA) is 59.7 Å². The predicted molar refractivity (Wildman–Crippen MR) is 125 cm³/mol. The fraction of sp³-hybridized carbons (Fsp3) is 0.0952. The SMILES string of the molecule is S=C(Nc1cnn(Cc2cccc(Cl)c2)c1)Nc1nn(Cc2ccccc2)cc1Cl. The zero-order valence-electron chi connectivity index (χ0n) is 15.8. The number of anilines is 2. The molecular weight excluding hydrogens is 439 g/mol. The van der Waals surface area contributed by atoms with Crippen LogP contribution in [0.3, 0.4) is 0 Å². The molecule has 152 valence electrons. The summed E-state index contributed by atoms with van der Waals surface area (Å²) in [6.45, 7) is 1.23. The second-order valence-corrected chi connectivity index (χ2v) is 7.90. The van der Waals surface area contributed by atoms with Gasteiger partial charge in [-0.25, -0.2) is 0 Å². The standard InChI is InChI=1S/C21H18Cl2N6S/c22-17-8-4-7-16(9-17)12-28-13-18(10-24-28)25-21(30)26-20-19(23)14-29(27-20)11-15-5-2-1-3-6-15/h1-10,13-14H,11-12H2,(H2,25,26,27,30). The highest BCUT2D eigenvalue weighted by atomic mass is 35.5. The summed E-state index contributed by atoms with van der Waals surface area (Å²) in [6.07, 6.45) is 5.33. The van der Waals surface area contributed by atoms with Crippen molar-refractivity contribution in [2.45, 2.75) is 13.1 Å². The zero-order valence-corrected chi connectivity index (χ0v) is 18.1. The maximum atomic E-state index is 6.30.